The second-order valence-electron chi connectivity index (χ2n) is 5.54. The molecule has 0 aliphatic carbocycles. The standard InChI is InChI=1S/C16H20N4OS/c1-12-19-15(11-22-12)10-18-14-4-8-20(9-5-14)16(21)13-2-6-17-7-3-13/h2-3,6-7,11,14,18H,4-5,8-10H2,1H3. The molecule has 3 heterocycles. The van der Waals surface area contributed by atoms with Crippen LogP contribution in [-0.2, 0) is 6.54 Å². The Labute approximate surface area is 134 Å². The fourth-order valence-corrected chi connectivity index (χ4v) is 3.31. The van der Waals surface area contributed by atoms with E-state index in [4.69, 9.17) is 0 Å². The smallest absolute Gasteiger partial charge is 0.253 e. The van der Waals surface area contributed by atoms with Gasteiger partial charge in [0.15, 0.2) is 0 Å². The minimum absolute atomic E-state index is 0.107. The molecule has 0 aromatic carbocycles. The summed E-state index contributed by atoms with van der Waals surface area (Å²) < 4.78 is 0. The first kappa shape index (κ1) is 15.1. The molecule has 1 fully saturated rings. The van der Waals surface area contributed by atoms with Crippen LogP contribution in [0.2, 0.25) is 0 Å². The highest BCUT2D eigenvalue weighted by molar-refractivity contribution is 7.09. The monoisotopic (exact) mass is 316 g/mol. The van der Waals surface area contributed by atoms with E-state index in [0.29, 0.717) is 6.04 Å². The Morgan fingerprint density at radius 2 is 2.09 bits per heavy atom. The van der Waals surface area contributed by atoms with Gasteiger partial charge in [0.05, 0.1) is 10.7 Å². The molecule has 1 aliphatic heterocycles. The Balaban J connectivity index is 1.47. The minimum Gasteiger partial charge on any atom is -0.339 e. The number of rotatable bonds is 4. The van der Waals surface area contributed by atoms with Crippen molar-refractivity contribution in [2.75, 3.05) is 13.1 Å². The van der Waals surface area contributed by atoms with E-state index in [-0.39, 0.29) is 5.91 Å². The Morgan fingerprint density at radius 3 is 2.73 bits per heavy atom. The van der Waals surface area contributed by atoms with Gasteiger partial charge in [-0.3, -0.25) is 9.78 Å². The summed E-state index contributed by atoms with van der Waals surface area (Å²) in [6.07, 6.45) is 5.30. The van der Waals surface area contributed by atoms with Gasteiger partial charge in [0.1, 0.15) is 0 Å². The molecule has 0 radical (unpaired) electrons. The third-order valence-corrected chi connectivity index (χ3v) is 4.77. The summed E-state index contributed by atoms with van der Waals surface area (Å²) in [4.78, 5) is 22.7. The molecule has 0 unspecified atom stereocenters. The summed E-state index contributed by atoms with van der Waals surface area (Å²) in [7, 11) is 0. The minimum atomic E-state index is 0.107. The second kappa shape index (κ2) is 6.98. The number of hydrogen-bond donors (Lipinski definition) is 1. The Hall–Kier alpha value is -1.79. The maximum Gasteiger partial charge on any atom is 0.253 e. The molecule has 22 heavy (non-hydrogen) atoms. The fraction of sp³-hybridized carbons (Fsp3) is 0.438. The molecule has 0 spiro atoms. The highest BCUT2D eigenvalue weighted by Crippen LogP contribution is 2.15. The normalized spacial score (nSPS) is 16.0. The quantitative estimate of drug-likeness (QED) is 0.940. The maximum atomic E-state index is 12.4. The van der Waals surface area contributed by atoms with Gasteiger partial charge < -0.3 is 10.2 Å². The van der Waals surface area contributed by atoms with Gasteiger partial charge in [-0.2, -0.15) is 0 Å². The van der Waals surface area contributed by atoms with Crippen LogP contribution in [0.15, 0.2) is 29.9 Å². The fourth-order valence-electron chi connectivity index (χ4n) is 2.70. The zero-order valence-electron chi connectivity index (χ0n) is 12.7. The van der Waals surface area contributed by atoms with Crippen LogP contribution in [0.25, 0.3) is 0 Å². The largest absolute Gasteiger partial charge is 0.339 e. The van der Waals surface area contributed by atoms with E-state index in [1.54, 1.807) is 35.9 Å². The molecular weight excluding hydrogens is 296 g/mol. The first-order valence-corrected chi connectivity index (χ1v) is 8.44. The van der Waals surface area contributed by atoms with Gasteiger partial charge in [-0.15, -0.1) is 11.3 Å². The van der Waals surface area contributed by atoms with Crippen molar-refractivity contribution in [1.29, 1.82) is 0 Å². The van der Waals surface area contributed by atoms with E-state index >= 15 is 0 Å². The lowest BCUT2D eigenvalue weighted by atomic mass is 10.0. The molecule has 0 saturated carbocycles. The van der Waals surface area contributed by atoms with Crippen LogP contribution in [0.5, 0.6) is 0 Å². The lowest BCUT2D eigenvalue weighted by molar-refractivity contribution is 0.0704. The average Bonchev–Trinajstić information content (AvgIpc) is 2.99. The predicted molar refractivity (Wildman–Crippen MR) is 86.9 cm³/mol. The molecule has 0 atom stereocenters. The van der Waals surface area contributed by atoms with Crippen LogP contribution < -0.4 is 5.32 Å². The Morgan fingerprint density at radius 1 is 1.36 bits per heavy atom. The molecule has 0 bridgehead atoms. The summed E-state index contributed by atoms with van der Waals surface area (Å²) in [5.41, 5.74) is 1.83. The van der Waals surface area contributed by atoms with Crippen molar-refractivity contribution in [1.82, 2.24) is 20.2 Å². The summed E-state index contributed by atoms with van der Waals surface area (Å²) in [5, 5.41) is 6.75. The molecule has 1 saturated heterocycles. The summed E-state index contributed by atoms with van der Waals surface area (Å²) in [6.45, 7) is 4.44. The van der Waals surface area contributed by atoms with E-state index in [1.165, 1.54) is 0 Å². The summed E-state index contributed by atoms with van der Waals surface area (Å²) in [6, 6.07) is 4.01. The Bertz CT molecular complexity index is 620. The molecule has 2 aromatic heterocycles. The van der Waals surface area contributed by atoms with Crippen LogP contribution >= 0.6 is 11.3 Å². The average molecular weight is 316 g/mol. The highest BCUT2D eigenvalue weighted by atomic mass is 32.1. The van der Waals surface area contributed by atoms with Gasteiger partial charge in [-0.1, -0.05) is 0 Å². The number of nitrogens with one attached hydrogen (secondary N) is 1. The zero-order valence-corrected chi connectivity index (χ0v) is 13.5. The Kier molecular flexibility index (Phi) is 4.80. The first-order valence-electron chi connectivity index (χ1n) is 7.56. The molecule has 1 aliphatic rings. The molecule has 1 N–H and O–H groups in total. The molecule has 116 valence electrons. The van der Waals surface area contributed by atoms with Gasteiger partial charge in [-0.05, 0) is 31.9 Å². The summed E-state index contributed by atoms with van der Waals surface area (Å²) in [5.74, 6) is 0.107. The predicted octanol–water partition coefficient (Wildman–Crippen LogP) is 2.24. The van der Waals surface area contributed by atoms with Gasteiger partial charge >= 0.3 is 0 Å². The third kappa shape index (κ3) is 3.69. The number of likely N-dealkylation sites (tertiary alicyclic amines) is 1. The number of carbonyl (C=O) groups excluding carboxylic acids is 1. The lowest BCUT2D eigenvalue weighted by Gasteiger charge is -2.32. The van der Waals surface area contributed by atoms with E-state index < -0.39 is 0 Å². The van der Waals surface area contributed by atoms with Crippen molar-refractivity contribution in [3.63, 3.8) is 0 Å². The van der Waals surface area contributed by atoms with Crippen molar-refractivity contribution in [2.45, 2.75) is 32.4 Å². The maximum absolute atomic E-state index is 12.4. The number of amides is 1. The van der Waals surface area contributed by atoms with Crippen molar-refractivity contribution in [3.05, 3.63) is 46.2 Å². The number of carbonyl (C=O) groups is 1. The number of pyridine rings is 1. The molecule has 1 amide bonds. The van der Waals surface area contributed by atoms with Gasteiger partial charge in [0.25, 0.3) is 5.91 Å². The van der Waals surface area contributed by atoms with Gasteiger partial charge in [-0.25, -0.2) is 4.98 Å². The molecule has 5 nitrogen and oxygen atoms in total. The number of hydrogen-bond acceptors (Lipinski definition) is 5. The van der Waals surface area contributed by atoms with E-state index in [1.807, 2.05) is 11.8 Å². The lowest BCUT2D eigenvalue weighted by Crippen LogP contribution is -2.44. The van der Waals surface area contributed by atoms with Crippen LogP contribution in [-0.4, -0.2) is 39.9 Å². The SMILES string of the molecule is Cc1nc(CNC2CCN(C(=O)c3ccncc3)CC2)cs1. The van der Waals surface area contributed by atoms with E-state index in [9.17, 15) is 4.79 Å². The molecule has 6 heteroatoms. The third-order valence-electron chi connectivity index (χ3n) is 3.95. The molecule has 2 aromatic rings. The van der Waals surface area contributed by atoms with Crippen molar-refractivity contribution in [3.8, 4) is 0 Å². The molecule has 3 rings (SSSR count). The number of piperidine rings is 1. The number of aryl methyl sites for hydroxylation is 1. The van der Waals surface area contributed by atoms with Crippen LogP contribution in [0.1, 0.15) is 33.9 Å². The van der Waals surface area contributed by atoms with Gasteiger partial charge in [0, 0.05) is 49.0 Å². The van der Waals surface area contributed by atoms with Gasteiger partial charge in [0.2, 0.25) is 0 Å². The van der Waals surface area contributed by atoms with Crippen molar-refractivity contribution >= 4 is 17.2 Å². The number of thiazole rings is 1. The second-order valence-corrected chi connectivity index (χ2v) is 6.60. The van der Waals surface area contributed by atoms with E-state index in [0.717, 1.165) is 48.7 Å². The van der Waals surface area contributed by atoms with Crippen LogP contribution in [0, 0.1) is 6.92 Å². The highest BCUT2D eigenvalue weighted by Gasteiger charge is 2.23. The molecular formula is C16H20N4OS. The van der Waals surface area contributed by atoms with Crippen molar-refractivity contribution < 1.29 is 4.79 Å². The summed E-state index contributed by atoms with van der Waals surface area (Å²) >= 11 is 1.68. The van der Waals surface area contributed by atoms with E-state index in [2.05, 4.69) is 20.7 Å². The number of nitrogens with zero attached hydrogens (tertiary/aromatic N) is 3. The number of aromatic nitrogens is 2. The topological polar surface area (TPSA) is 58.1 Å². The van der Waals surface area contributed by atoms with Crippen molar-refractivity contribution in [2.24, 2.45) is 0 Å². The van der Waals surface area contributed by atoms with Crippen LogP contribution in [0.3, 0.4) is 0 Å². The zero-order chi connectivity index (χ0) is 15.4. The van der Waals surface area contributed by atoms with Crippen LogP contribution in [0.4, 0.5) is 0 Å². The first-order chi connectivity index (χ1) is 10.7.